The van der Waals surface area contributed by atoms with E-state index in [4.69, 9.17) is 0 Å². The molecule has 0 spiro atoms. The van der Waals surface area contributed by atoms with Crippen molar-refractivity contribution in [1.29, 1.82) is 0 Å². The highest BCUT2D eigenvalue weighted by Gasteiger charge is 2.13. The van der Waals surface area contributed by atoms with Crippen LogP contribution in [0.4, 0.5) is 4.39 Å². The van der Waals surface area contributed by atoms with E-state index in [1.165, 1.54) is 9.88 Å². The highest BCUT2D eigenvalue weighted by Crippen LogP contribution is 2.25. The molecular weight excluding hydrogens is 309 g/mol. The zero-order valence-corrected chi connectivity index (χ0v) is 15.4. The molecule has 2 rings (SSSR count). The second-order valence-corrected chi connectivity index (χ2v) is 7.29. The molecule has 3 nitrogen and oxygen atoms in total. The van der Waals surface area contributed by atoms with Crippen molar-refractivity contribution in [3.63, 3.8) is 0 Å². The van der Waals surface area contributed by atoms with E-state index in [2.05, 4.69) is 31.1 Å². The van der Waals surface area contributed by atoms with Gasteiger partial charge in [0.05, 0.1) is 10.7 Å². The summed E-state index contributed by atoms with van der Waals surface area (Å²) in [4.78, 5) is 7.85. The molecule has 0 bridgehead atoms. The van der Waals surface area contributed by atoms with Gasteiger partial charge in [-0.05, 0) is 46.0 Å². The number of hydrogen-bond acceptors (Lipinski definition) is 4. The van der Waals surface area contributed by atoms with Gasteiger partial charge in [0.25, 0.3) is 0 Å². The first-order valence-electron chi connectivity index (χ1n) is 8.02. The fourth-order valence-corrected chi connectivity index (χ4v) is 3.62. The molecule has 5 heteroatoms. The van der Waals surface area contributed by atoms with Crippen molar-refractivity contribution in [2.75, 3.05) is 14.1 Å². The van der Waals surface area contributed by atoms with E-state index in [1.54, 1.807) is 17.4 Å². The predicted octanol–water partition coefficient (Wildman–Crippen LogP) is 4.07. The number of benzene rings is 1. The summed E-state index contributed by atoms with van der Waals surface area (Å²) in [5.74, 6) is -0.138. The zero-order valence-electron chi connectivity index (χ0n) is 14.6. The van der Waals surface area contributed by atoms with Gasteiger partial charge in [0, 0.05) is 29.6 Å². The summed E-state index contributed by atoms with van der Waals surface area (Å²) in [5, 5.41) is 4.71. The van der Waals surface area contributed by atoms with E-state index in [0.717, 1.165) is 29.8 Å². The van der Waals surface area contributed by atoms with E-state index in [1.807, 2.05) is 31.1 Å². The zero-order chi connectivity index (χ0) is 17.0. The van der Waals surface area contributed by atoms with Gasteiger partial charge in [0.2, 0.25) is 0 Å². The molecule has 1 atom stereocenters. The Bertz CT molecular complexity index is 652. The lowest BCUT2D eigenvalue weighted by molar-refractivity contribution is 0.392. The number of aromatic nitrogens is 1. The summed E-state index contributed by atoms with van der Waals surface area (Å²) in [5.41, 5.74) is 2.96. The van der Waals surface area contributed by atoms with Crippen LogP contribution in [0, 0.1) is 12.7 Å². The Hall–Kier alpha value is -1.30. The third-order valence-electron chi connectivity index (χ3n) is 3.78. The van der Waals surface area contributed by atoms with E-state index in [0.29, 0.717) is 6.54 Å². The number of halogens is 1. The first-order valence-corrected chi connectivity index (χ1v) is 8.84. The van der Waals surface area contributed by atoms with Gasteiger partial charge in [-0.15, -0.1) is 11.3 Å². The topological polar surface area (TPSA) is 28.2 Å². The van der Waals surface area contributed by atoms with Crippen molar-refractivity contribution in [1.82, 2.24) is 15.2 Å². The van der Waals surface area contributed by atoms with Crippen LogP contribution in [0.3, 0.4) is 0 Å². The van der Waals surface area contributed by atoms with E-state index in [-0.39, 0.29) is 11.9 Å². The number of nitrogens with one attached hydrogen (secondary N) is 1. The third-order valence-corrected chi connectivity index (χ3v) is 5.27. The molecule has 0 fully saturated rings. The molecule has 23 heavy (non-hydrogen) atoms. The molecular formula is C18H26FN3S. The van der Waals surface area contributed by atoms with Crippen molar-refractivity contribution >= 4 is 11.3 Å². The van der Waals surface area contributed by atoms with Crippen molar-refractivity contribution in [2.45, 2.75) is 46.3 Å². The van der Waals surface area contributed by atoms with Gasteiger partial charge in [-0.25, -0.2) is 9.37 Å². The van der Waals surface area contributed by atoms with Crippen LogP contribution in [0.5, 0.6) is 0 Å². The molecule has 1 unspecified atom stereocenters. The van der Waals surface area contributed by atoms with Gasteiger partial charge in [0.15, 0.2) is 0 Å². The quantitative estimate of drug-likeness (QED) is 0.827. The Kier molecular flexibility index (Phi) is 6.27. The Balaban J connectivity index is 2.03. The fourth-order valence-electron chi connectivity index (χ4n) is 2.58. The molecule has 1 N–H and O–H groups in total. The smallest absolute Gasteiger partial charge is 0.127 e. The number of rotatable bonds is 7. The number of aryl methyl sites for hydroxylation is 2. The average Bonchev–Trinajstić information content (AvgIpc) is 2.88. The van der Waals surface area contributed by atoms with Crippen molar-refractivity contribution in [2.24, 2.45) is 0 Å². The van der Waals surface area contributed by atoms with E-state index >= 15 is 0 Å². The molecule has 0 aliphatic carbocycles. The Labute approximate surface area is 142 Å². The van der Waals surface area contributed by atoms with Crippen LogP contribution in [0.25, 0.3) is 0 Å². The van der Waals surface area contributed by atoms with Crippen LogP contribution in [0.1, 0.15) is 46.6 Å². The Morgan fingerprint density at radius 1 is 1.35 bits per heavy atom. The average molecular weight is 335 g/mol. The first-order chi connectivity index (χ1) is 10.9. The molecule has 1 aromatic heterocycles. The maximum Gasteiger partial charge on any atom is 0.127 e. The lowest BCUT2D eigenvalue weighted by Gasteiger charge is -2.15. The Morgan fingerprint density at radius 3 is 2.70 bits per heavy atom. The van der Waals surface area contributed by atoms with E-state index < -0.39 is 0 Å². The predicted molar refractivity (Wildman–Crippen MR) is 95.3 cm³/mol. The summed E-state index contributed by atoms with van der Waals surface area (Å²) in [6.45, 7) is 7.69. The van der Waals surface area contributed by atoms with E-state index in [9.17, 15) is 4.39 Å². The normalized spacial score (nSPS) is 12.8. The van der Waals surface area contributed by atoms with Crippen LogP contribution in [0.2, 0.25) is 0 Å². The SMILES string of the molecule is CCc1nc(C)c(C(C)NCc2ccc(F)c(CN(C)C)c2)s1. The highest BCUT2D eigenvalue weighted by molar-refractivity contribution is 7.11. The molecule has 126 valence electrons. The van der Waals surface area contributed by atoms with Gasteiger partial charge < -0.3 is 10.2 Å². The minimum absolute atomic E-state index is 0.138. The van der Waals surface area contributed by atoms with Crippen LogP contribution in [-0.4, -0.2) is 24.0 Å². The summed E-state index contributed by atoms with van der Waals surface area (Å²) in [6, 6.07) is 5.61. The lowest BCUT2D eigenvalue weighted by Crippen LogP contribution is -2.18. The standard InChI is InChI=1S/C18H26FN3S/c1-6-17-21-13(3)18(23-17)12(2)20-10-14-7-8-16(19)15(9-14)11-22(4)5/h7-9,12,20H,6,10-11H2,1-5H3. The van der Waals surface area contributed by atoms with Gasteiger partial charge in [0.1, 0.15) is 5.82 Å². The third kappa shape index (κ3) is 4.83. The van der Waals surface area contributed by atoms with Crippen molar-refractivity contribution in [3.8, 4) is 0 Å². The van der Waals surface area contributed by atoms with Crippen LogP contribution < -0.4 is 5.32 Å². The van der Waals surface area contributed by atoms with Gasteiger partial charge in [-0.1, -0.05) is 19.1 Å². The largest absolute Gasteiger partial charge is 0.305 e. The number of nitrogens with zero attached hydrogens (tertiary/aromatic N) is 2. The summed E-state index contributed by atoms with van der Waals surface area (Å²) >= 11 is 1.78. The van der Waals surface area contributed by atoms with Gasteiger partial charge >= 0.3 is 0 Å². The molecule has 0 radical (unpaired) electrons. The molecule has 1 aromatic carbocycles. The first kappa shape index (κ1) is 18.0. The van der Waals surface area contributed by atoms with Gasteiger partial charge in [-0.3, -0.25) is 0 Å². The lowest BCUT2D eigenvalue weighted by atomic mass is 10.1. The molecule has 0 aliphatic rings. The molecule has 1 heterocycles. The Morgan fingerprint density at radius 2 is 2.09 bits per heavy atom. The highest BCUT2D eigenvalue weighted by atomic mass is 32.1. The van der Waals surface area contributed by atoms with Crippen molar-refractivity contribution < 1.29 is 4.39 Å². The minimum atomic E-state index is -0.138. The minimum Gasteiger partial charge on any atom is -0.305 e. The molecule has 2 aromatic rings. The molecule has 0 saturated carbocycles. The fraction of sp³-hybridized carbons (Fsp3) is 0.500. The maximum absolute atomic E-state index is 13.8. The summed E-state index contributed by atoms with van der Waals surface area (Å²) in [6.07, 6.45) is 0.976. The van der Waals surface area contributed by atoms with Crippen LogP contribution in [0.15, 0.2) is 18.2 Å². The summed E-state index contributed by atoms with van der Waals surface area (Å²) < 4.78 is 13.8. The molecule has 0 aliphatic heterocycles. The summed E-state index contributed by atoms with van der Waals surface area (Å²) in [7, 11) is 3.90. The van der Waals surface area contributed by atoms with Gasteiger partial charge in [-0.2, -0.15) is 0 Å². The monoisotopic (exact) mass is 335 g/mol. The number of hydrogen-bond donors (Lipinski definition) is 1. The second-order valence-electron chi connectivity index (χ2n) is 6.18. The van der Waals surface area contributed by atoms with Crippen LogP contribution >= 0.6 is 11.3 Å². The molecule has 0 saturated heterocycles. The maximum atomic E-state index is 13.8. The molecule has 0 amide bonds. The van der Waals surface area contributed by atoms with Crippen LogP contribution in [-0.2, 0) is 19.5 Å². The van der Waals surface area contributed by atoms with Crippen molar-refractivity contribution in [3.05, 3.63) is 50.7 Å². The number of thiazole rings is 1. The second kappa shape index (κ2) is 7.99.